The maximum absolute atomic E-state index is 11.0. The summed E-state index contributed by atoms with van der Waals surface area (Å²) in [6.45, 7) is 4.28. The molecule has 0 aliphatic heterocycles. The zero-order valence-corrected chi connectivity index (χ0v) is 13.4. The summed E-state index contributed by atoms with van der Waals surface area (Å²) >= 11 is 3.55. The summed E-state index contributed by atoms with van der Waals surface area (Å²) in [4.78, 5) is 11.0. The summed E-state index contributed by atoms with van der Waals surface area (Å²) in [5.41, 5.74) is 8.96. The van der Waals surface area contributed by atoms with E-state index in [0.717, 1.165) is 21.1 Å². The molecular formula is C15H19BrN2O2. The molecule has 4 nitrogen and oxygen atoms in total. The first-order valence-electron chi connectivity index (χ1n) is 6.58. The number of fused-ring (bicyclic) bond motifs is 1. The third-order valence-corrected chi connectivity index (χ3v) is 4.67. The summed E-state index contributed by atoms with van der Waals surface area (Å²) < 4.78 is 2.91. The first-order chi connectivity index (χ1) is 9.32. The molecule has 1 aromatic carbocycles. The Morgan fingerprint density at radius 3 is 2.65 bits per heavy atom. The van der Waals surface area contributed by atoms with Crippen molar-refractivity contribution in [2.24, 2.45) is 12.8 Å². The van der Waals surface area contributed by atoms with E-state index in [4.69, 9.17) is 10.8 Å². The van der Waals surface area contributed by atoms with Crippen molar-refractivity contribution in [3.63, 3.8) is 0 Å². The van der Waals surface area contributed by atoms with Crippen molar-refractivity contribution in [3.8, 4) is 0 Å². The number of benzene rings is 1. The van der Waals surface area contributed by atoms with Gasteiger partial charge in [-0.2, -0.15) is 0 Å². The van der Waals surface area contributed by atoms with Crippen LogP contribution in [0.5, 0.6) is 0 Å². The molecule has 1 aromatic heterocycles. The molecule has 0 aliphatic rings. The molecule has 108 valence electrons. The summed E-state index contributed by atoms with van der Waals surface area (Å²) in [6.07, 6.45) is 0.314. The van der Waals surface area contributed by atoms with E-state index in [-0.39, 0.29) is 0 Å². The summed E-state index contributed by atoms with van der Waals surface area (Å²) in [5, 5.41) is 10.1. The molecular weight excluding hydrogens is 320 g/mol. The topological polar surface area (TPSA) is 68.2 Å². The fourth-order valence-corrected chi connectivity index (χ4v) is 2.93. The number of carbonyl (C=O) groups is 1. The number of rotatable bonds is 4. The lowest BCUT2D eigenvalue weighted by Gasteiger charge is -2.08. The van der Waals surface area contributed by atoms with Crippen molar-refractivity contribution in [1.82, 2.24) is 4.57 Å². The van der Waals surface area contributed by atoms with Crippen LogP contribution >= 0.6 is 15.9 Å². The number of nitrogens with zero attached hydrogens (tertiary/aromatic N) is 1. The van der Waals surface area contributed by atoms with E-state index in [1.54, 1.807) is 0 Å². The molecule has 0 aliphatic carbocycles. The Labute approximate surface area is 126 Å². The van der Waals surface area contributed by atoms with Gasteiger partial charge in [-0.1, -0.05) is 19.9 Å². The Hall–Kier alpha value is -1.33. The van der Waals surface area contributed by atoms with Crippen molar-refractivity contribution in [2.45, 2.75) is 32.2 Å². The fourth-order valence-electron chi connectivity index (χ4n) is 2.37. The molecule has 0 radical (unpaired) electrons. The molecule has 2 aromatic rings. The molecule has 0 amide bonds. The van der Waals surface area contributed by atoms with Gasteiger partial charge in [0.1, 0.15) is 6.04 Å². The molecule has 2 rings (SSSR count). The van der Waals surface area contributed by atoms with Crippen molar-refractivity contribution in [3.05, 3.63) is 33.9 Å². The molecule has 1 atom stereocenters. The van der Waals surface area contributed by atoms with Crippen LogP contribution in [0.15, 0.2) is 22.8 Å². The number of nitrogens with two attached hydrogens (primary N) is 1. The lowest BCUT2D eigenvalue weighted by Crippen LogP contribution is -2.32. The average molecular weight is 339 g/mol. The quantitative estimate of drug-likeness (QED) is 0.900. The highest BCUT2D eigenvalue weighted by atomic mass is 79.9. The Kier molecular flexibility index (Phi) is 4.20. The predicted molar refractivity (Wildman–Crippen MR) is 84.0 cm³/mol. The number of halogens is 1. The third kappa shape index (κ3) is 2.60. The van der Waals surface area contributed by atoms with Gasteiger partial charge in [0.25, 0.3) is 0 Å². The van der Waals surface area contributed by atoms with E-state index in [2.05, 4.69) is 48.0 Å². The highest BCUT2D eigenvalue weighted by molar-refractivity contribution is 9.10. The minimum Gasteiger partial charge on any atom is -0.480 e. The zero-order chi connectivity index (χ0) is 15.0. The van der Waals surface area contributed by atoms with Crippen molar-refractivity contribution < 1.29 is 9.90 Å². The van der Waals surface area contributed by atoms with Crippen LogP contribution in [0.1, 0.15) is 30.9 Å². The van der Waals surface area contributed by atoms with Crippen molar-refractivity contribution in [2.75, 3.05) is 0 Å². The molecule has 0 saturated carbocycles. The van der Waals surface area contributed by atoms with E-state index in [9.17, 15) is 4.79 Å². The molecule has 5 heteroatoms. The van der Waals surface area contributed by atoms with Gasteiger partial charge in [0.05, 0.1) is 4.60 Å². The number of hydrogen-bond donors (Lipinski definition) is 2. The van der Waals surface area contributed by atoms with Crippen LogP contribution in [0.2, 0.25) is 0 Å². The number of aryl methyl sites for hydroxylation is 1. The van der Waals surface area contributed by atoms with Gasteiger partial charge in [0, 0.05) is 24.4 Å². The van der Waals surface area contributed by atoms with E-state index < -0.39 is 12.0 Å². The van der Waals surface area contributed by atoms with Gasteiger partial charge in [-0.05, 0) is 45.1 Å². The van der Waals surface area contributed by atoms with Crippen molar-refractivity contribution in [1.29, 1.82) is 0 Å². The van der Waals surface area contributed by atoms with Crippen LogP contribution in [0.25, 0.3) is 10.9 Å². The van der Waals surface area contributed by atoms with Gasteiger partial charge in [0.15, 0.2) is 0 Å². The van der Waals surface area contributed by atoms with Crippen LogP contribution in [0.4, 0.5) is 0 Å². The first-order valence-corrected chi connectivity index (χ1v) is 7.37. The standard InChI is InChI=1S/C15H19BrN2O2/c1-8(2)9-4-5-13-10(6-9)11(14(16)18(13)3)7-12(17)15(19)20/h4-6,8,12H,7,17H2,1-3H3,(H,19,20). The minimum atomic E-state index is -0.978. The highest BCUT2D eigenvalue weighted by Gasteiger charge is 2.20. The van der Waals surface area contributed by atoms with E-state index in [1.165, 1.54) is 5.56 Å². The number of carboxylic acid groups (broad SMARTS) is 1. The maximum atomic E-state index is 11.0. The monoisotopic (exact) mass is 338 g/mol. The predicted octanol–water partition coefficient (Wildman–Crippen LogP) is 3.02. The minimum absolute atomic E-state index is 0.314. The second kappa shape index (κ2) is 5.58. The number of aliphatic carboxylic acids is 1. The molecule has 20 heavy (non-hydrogen) atoms. The smallest absolute Gasteiger partial charge is 0.320 e. The summed E-state index contributed by atoms with van der Waals surface area (Å²) in [6, 6.07) is 5.43. The van der Waals surface area contributed by atoms with Gasteiger partial charge in [-0.3, -0.25) is 4.79 Å². The Morgan fingerprint density at radius 2 is 2.10 bits per heavy atom. The second-order valence-corrected chi connectivity index (χ2v) is 6.16. The van der Waals surface area contributed by atoms with Crippen LogP contribution in [-0.2, 0) is 18.3 Å². The average Bonchev–Trinajstić information content (AvgIpc) is 2.63. The molecule has 1 heterocycles. The highest BCUT2D eigenvalue weighted by Crippen LogP contribution is 2.32. The maximum Gasteiger partial charge on any atom is 0.320 e. The largest absolute Gasteiger partial charge is 0.480 e. The fraction of sp³-hybridized carbons (Fsp3) is 0.400. The lowest BCUT2D eigenvalue weighted by atomic mass is 9.99. The van der Waals surface area contributed by atoms with Crippen LogP contribution in [-0.4, -0.2) is 21.7 Å². The van der Waals surface area contributed by atoms with Crippen LogP contribution in [0.3, 0.4) is 0 Å². The second-order valence-electron chi connectivity index (χ2n) is 5.41. The van der Waals surface area contributed by atoms with Crippen LogP contribution in [0, 0.1) is 0 Å². The van der Waals surface area contributed by atoms with E-state index in [1.807, 2.05) is 11.6 Å². The Balaban J connectivity index is 2.59. The van der Waals surface area contributed by atoms with Gasteiger partial charge in [-0.15, -0.1) is 0 Å². The molecule has 1 unspecified atom stereocenters. The van der Waals surface area contributed by atoms with E-state index >= 15 is 0 Å². The van der Waals surface area contributed by atoms with Gasteiger partial charge in [-0.25, -0.2) is 0 Å². The zero-order valence-electron chi connectivity index (χ0n) is 11.9. The van der Waals surface area contributed by atoms with Gasteiger partial charge < -0.3 is 15.4 Å². The summed E-state index contributed by atoms with van der Waals surface area (Å²) in [7, 11) is 1.96. The molecule has 0 bridgehead atoms. The number of aromatic nitrogens is 1. The molecule has 0 saturated heterocycles. The van der Waals surface area contributed by atoms with E-state index in [0.29, 0.717) is 12.3 Å². The first kappa shape index (κ1) is 15.1. The summed E-state index contributed by atoms with van der Waals surface area (Å²) in [5.74, 6) is -0.548. The normalized spacial score (nSPS) is 13.1. The SMILES string of the molecule is CC(C)c1ccc2c(c1)c(CC(N)C(=O)O)c(Br)n2C. The van der Waals surface area contributed by atoms with Gasteiger partial charge in [0.2, 0.25) is 0 Å². The molecule has 3 N–H and O–H groups in total. The third-order valence-electron chi connectivity index (χ3n) is 3.66. The van der Waals surface area contributed by atoms with Crippen LogP contribution < -0.4 is 5.73 Å². The lowest BCUT2D eigenvalue weighted by molar-refractivity contribution is -0.138. The molecule has 0 spiro atoms. The van der Waals surface area contributed by atoms with Gasteiger partial charge >= 0.3 is 5.97 Å². The number of hydrogen-bond acceptors (Lipinski definition) is 2. The Bertz CT molecular complexity index is 661. The number of carboxylic acids is 1. The van der Waals surface area contributed by atoms with Crippen molar-refractivity contribution >= 4 is 32.8 Å². The molecule has 0 fully saturated rings. The Morgan fingerprint density at radius 1 is 1.45 bits per heavy atom.